The van der Waals surface area contributed by atoms with Crippen LogP contribution in [0.1, 0.15) is 44.2 Å². The lowest BCUT2D eigenvalue weighted by molar-refractivity contribution is -0.132. The van der Waals surface area contributed by atoms with E-state index in [0.717, 1.165) is 23.2 Å². The van der Waals surface area contributed by atoms with Gasteiger partial charge in [0.1, 0.15) is 18.9 Å². The summed E-state index contributed by atoms with van der Waals surface area (Å²) in [4.78, 5) is 51.8. The van der Waals surface area contributed by atoms with Gasteiger partial charge in [-0.05, 0) is 36.3 Å². The van der Waals surface area contributed by atoms with Crippen molar-refractivity contribution in [2.75, 3.05) is 18.8 Å². The maximum atomic E-state index is 13.1. The van der Waals surface area contributed by atoms with E-state index in [1.54, 1.807) is 16.7 Å². The van der Waals surface area contributed by atoms with Crippen molar-refractivity contribution in [2.24, 2.45) is 11.8 Å². The van der Waals surface area contributed by atoms with E-state index in [9.17, 15) is 19.2 Å². The molecule has 2 aromatic carbocycles. The lowest BCUT2D eigenvalue weighted by Gasteiger charge is -2.31. The van der Waals surface area contributed by atoms with Gasteiger partial charge in [-0.2, -0.15) is 11.8 Å². The van der Waals surface area contributed by atoms with Gasteiger partial charge in [0.05, 0.1) is 6.04 Å². The number of likely N-dealkylation sites (tertiary alicyclic amines) is 1. The number of carbonyl (C=O) groups is 4. The van der Waals surface area contributed by atoms with Gasteiger partial charge in [-0.1, -0.05) is 74.5 Å². The number of thioether (sulfide) groups is 1. The predicted molar refractivity (Wildman–Crippen MR) is 153 cm³/mol. The third kappa shape index (κ3) is 10.4. The average molecular weight is 554 g/mol. The highest BCUT2D eigenvalue weighted by Gasteiger charge is 2.31. The molecule has 9 heteroatoms. The van der Waals surface area contributed by atoms with Gasteiger partial charge in [0.15, 0.2) is 0 Å². The normalized spacial score (nSPS) is 15.3. The Morgan fingerprint density at radius 3 is 2.18 bits per heavy atom. The van der Waals surface area contributed by atoms with Gasteiger partial charge >= 0.3 is 6.09 Å². The highest BCUT2D eigenvalue weighted by Crippen LogP contribution is 2.20. The third-order valence-corrected chi connectivity index (χ3v) is 7.70. The summed E-state index contributed by atoms with van der Waals surface area (Å²) >= 11 is 1.57. The number of rotatable bonds is 13. The Morgan fingerprint density at radius 2 is 1.59 bits per heavy atom. The van der Waals surface area contributed by atoms with Gasteiger partial charge in [-0.3, -0.25) is 9.59 Å². The molecule has 0 aromatic heterocycles. The number of aldehydes is 1. The first kappa shape index (κ1) is 30.2. The van der Waals surface area contributed by atoms with Gasteiger partial charge in [0.25, 0.3) is 0 Å². The summed E-state index contributed by atoms with van der Waals surface area (Å²) in [5.74, 6) is 0.515. The van der Waals surface area contributed by atoms with Crippen molar-refractivity contribution in [1.82, 2.24) is 15.5 Å². The molecule has 3 rings (SSSR count). The minimum absolute atomic E-state index is 0.171. The smallest absolute Gasteiger partial charge is 0.410 e. The first-order valence-corrected chi connectivity index (χ1v) is 14.6. The van der Waals surface area contributed by atoms with Crippen molar-refractivity contribution in [1.29, 1.82) is 0 Å². The van der Waals surface area contributed by atoms with Crippen LogP contribution in [0.2, 0.25) is 0 Å². The highest BCUT2D eigenvalue weighted by atomic mass is 32.2. The summed E-state index contributed by atoms with van der Waals surface area (Å²) in [5, 5.41) is 5.72. The molecule has 1 heterocycles. The predicted octanol–water partition coefficient (Wildman–Crippen LogP) is 4.18. The van der Waals surface area contributed by atoms with Crippen LogP contribution in [-0.4, -0.2) is 60.0 Å². The summed E-state index contributed by atoms with van der Waals surface area (Å²) in [6.45, 7) is 5.01. The van der Waals surface area contributed by atoms with Crippen LogP contribution in [0.25, 0.3) is 0 Å². The fraction of sp³-hybridized carbons (Fsp3) is 0.467. The minimum Gasteiger partial charge on any atom is -0.445 e. The molecule has 39 heavy (non-hydrogen) atoms. The average Bonchev–Trinajstić information content (AvgIpc) is 2.95. The molecule has 1 saturated heterocycles. The fourth-order valence-electron chi connectivity index (χ4n) is 4.40. The van der Waals surface area contributed by atoms with E-state index in [4.69, 9.17) is 4.74 Å². The SMILES string of the molecule is CC(C)C[C@@H](NC(=O)C1CCN(C(=O)OCc2ccccc2)CC1)C(=O)NC(C=O)CSCc1ccccc1. The van der Waals surface area contributed by atoms with Gasteiger partial charge in [-0.15, -0.1) is 0 Å². The van der Waals surface area contributed by atoms with Crippen molar-refractivity contribution in [3.63, 3.8) is 0 Å². The molecule has 0 spiro atoms. The molecule has 2 atom stereocenters. The van der Waals surface area contributed by atoms with Crippen molar-refractivity contribution < 1.29 is 23.9 Å². The molecule has 0 saturated carbocycles. The molecule has 2 aromatic rings. The number of benzene rings is 2. The zero-order valence-electron chi connectivity index (χ0n) is 22.7. The van der Waals surface area contributed by atoms with Crippen LogP contribution in [0.15, 0.2) is 60.7 Å². The van der Waals surface area contributed by atoms with Crippen LogP contribution in [-0.2, 0) is 31.5 Å². The van der Waals surface area contributed by atoms with E-state index in [2.05, 4.69) is 10.6 Å². The Kier molecular flexibility index (Phi) is 12.3. The molecule has 2 N–H and O–H groups in total. The van der Waals surface area contributed by atoms with E-state index in [1.165, 1.54) is 0 Å². The zero-order valence-corrected chi connectivity index (χ0v) is 23.5. The lowest BCUT2D eigenvalue weighted by atomic mass is 9.95. The molecular formula is C30H39N3O5S. The highest BCUT2D eigenvalue weighted by molar-refractivity contribution is 7.98. The summed E-state index contributed by atoms with van der Waals surface area (Å²) in [6.07, 6.45) is 1.81. The summed E-state index contributed by atoms with van der Waals surface area (Å²) in [6, 6.07) is 18.1. The fourth-order valence-corrected chi connectivity index (χ4v) is 5.37. The topological polar surface area (TPSA) is 105 Å². The number of amides is 3. The molecular weight excluding hydrogens is 514 g/mol. The number of nitrogens with one attached hydrogen (secondary N) is 2. The number of ether oxygens (including phenoxy) is 1. The number of carbonyl (C=O) groups excluding carboxylic acids is 4. The Hall–Kier alpha value is -3.33. The number of piperidine rings is 1. The lowest BCUT2D eigenvalue weighted by Crippen LogP contribution is -2.53. The van der Waals surface area contributed by atoms with Crippen LogP contribution < -0.4 is 10.6 Å². The summed E-state index contributed by atoms with van der Waals surface area (Å²) < 4.78 is 5.41. The van der Waals surface area contributed by atoms with Crippen molar-refractivity contribution in [2.45, 2.75) is 57.6 Å². The number of hydrogen-bond donors (Lipinski definition) is 2. The third-order valence-electron chi connectivity index (χ3n) is 6.57. The quantitative estimate of drug-likeness (QED) is 0.361. The first-order valence-electron chi connectivity index (χ1n) is 13.5. The Labute approximate surface area is 235 Å². The summed E-state index contributed by atoms with van der Waals surface area (Å²) in [7, 11) is 0. The second-order valence-electron chi connectivity index (χ2n) is 10.2. The van der Waals surface area contributed by atoms with Crippen molar-refractivity contribution in [3.05, 3.63) is 71.8 Å². The second-order valence-corrected chi connectivity index (χ2v) is 11.3. The largest absolute Gasteiger partial charge is 0.445 e. The molecule has 1 fully saturated rings. The summed E-state index contributed by atoms with van der Waals surface area (Å²) in [5.41, 5.74) is 2.07. The maximum absolute atomic E-state index is 13.1. The molecule has 3 amide bonds. The van der Waals surface area contributed by atoms with Gasteiger partial charge in [-0.25, -0.2) is 4.79 Å². The van der Waals surface area contributed by atoms with Crippen molar-refractivity contribution >= 4 is 36.0 Å². The molecule has 1 unspecified atom stereocenters. The molecule has 8 nitrogen and oxygen atoms in total. The van der Waals surface area contributed by atoms with Crippen LogP contribution in [0.4, 0.5) is 4.79 Å². The van der Waals surface area contributed by atoms with Crippen LogP contribution in [0.3, 0.4) is 0 Å². The molecule has 0 bridgehead atoms. The van der Waals surface area contributed by atoms with Crippen LogP contribution in [0.5, 0.6) is 0 Å². The number of hydrogen-bond acceptors (Lipinski definition) is 6. The zero-order chi connectivity index (χ0) is 28.0. The van der Waals surface area contributed by atoms with E-state index < -0.39 is 12.1 Å². The first-order chi connectivity index (χ1) is 18.9. The van der Waals surface area contributed by atoms with Crippen LogP contribution in [0, 0.1) is 11.8 Å². The van der Waals surface area contributed by atoms with Gasteiger partial charge in [0, 0.05) is 30.5 Å². The molecule has 0 aliphatic carbocycles. The molecule has 0 radical (unpaired) electrons. The maximum Gasteiger partial charge on any atom is 0.410 e. The van der Waals surface area contributed by atoms with E-state index in [-0.39, 0.29) is 36.4 Å². The molecule has 1 aliphatic rings. The Balaban J connectivity index is 1.45. The monoisotopic (exact) mass is 553 g/mol. The van der Waals surface area contributed by atoms with Gasteiger partial charge < -0.3 is 25.1 Å². The van der Waals surface area contributed by atoms with Gasteiger partial charge in [0.2, 0.25) is 11.8 Å². The Bertz CT molecular complexity index is 1060. The minimum atomic E-state index is -0.729. The standard InChI is InChI=1S/C30H39N3O5S/c1-22(2)17-27(29(36)31-26(18-34)21-39-20-24-11-7-4-8-12-24)32-28(35)25-13-15-33(16-14-25)30(37)38-19-23-9-5-3-6-10-23/h3-12,18,22,25-27H,13-17,19-21H2,1-2H3,(H,31,36)(H,32,35)/t26?,27-/m1/s1. The Morgan fingerprint density at radius 1 is 0.974 bits per heavy atom. The number of nitrogens with zero attached hydrogens (tertiary/aromatic N) is 1. The van der Waals surface area contributed by atoms with E-state index in [1.807, 2.05) is 74.5 Å². The van der Waals surface area contributed by atoms with E-state index in [0.29, 0.717) is 38.1 Å². The second kappa shape index (κ2) is 15.9. The molecule has 210 valence electrons. The molecule has 1 aliphatic heterocycles. The van der Waals surface area contributed by atoms with E-state index >= 15 is 0 Å². The van der Waals surface area contributed by atoms with Crippen LogP contribution >= 0.6 is 11.8 Å². The van der Waals surface area contributed by atoms with Crippen molar-refractivity contribution in [3.8, 4) is 0 Å².